The number of imidazole rings is 1. The van der Waals surface area contributed by atoms with E-state index in [1.165, 1.54) is 0 Å². The van der Waals surface area contributed by atoms with Gasteiger partial charge in [0.25, 0.3) is 5.91 Å². The summed E-state index contributed by atoms with van der Waals surface area (Å²) in [6, 6.07) is 13.2. The van der Waals surface area contributed by atoms with Crippen LogP contribution >= 0.6 is 0 Å². The number of hydrogen-bond acceptors (Lipinski definition) is 4. The molecule has 0 aliphatic carbocycles. The zero-order valence-corrected chi connectivity index (χ0v) is 13.4. The number of amides is 1. The lowest BCUT2D eigenvalue weighted by molar-refractivity contribution is 0.102. The molecule has 24 heavy (non-hydrogen) atoms. The fourth-order valence-electron chi connectivity index (χ4n) is 2.74. The molecule has 1 amide bonds. The molecule has 0 saturated heterocycles. The minimum Gasteiger partial charge on any atom is -0.354 e. The van der Waals surface area contributed by atoms with Gasteiger partial charge in [0.15, 0.2) is 11.4 Å². The number of fused-ring (bicyclic) bond motifs is 2. The average Bonchev–Trinajstić information content (AvgIpc) is 3.18. The summed E-state index contributed by atoms with van der Waals surface area (Å²) < 4.78 is 7.28. The van der Waals surface area contributed by atoms with Crippen molar-refractivity contribution in [2.45, 2.75) is 19.9 Å². The summed E-state index contributed by atoms with van der Waals surface area (Å²) in [5.41, 5.74) is 2.97. The van der Waals surface area contributed by atoms with E-state index in [1.54, 1.807) is 18.5 Å². The van der Waals surface area contributed by atoms with Crippen molar-refractivity contribution in [2.75, 3.05) is 5.32 Å². The second-order valence-electron chi connectivity index (χ2n) is 5.93. The maximum atomic E-state index is 12.5. The van der Waals surface area contributed by atoms with Crippen LogP contribution in [0.25, 0.3) is 22.0 Å². The van der Waals surface area contributed by atoms with Gasteiger partial charge in [-0.1, -0.05) is 17.3 Å². The highest BCUT2D eigenvalue weighted by atomic mass is 16.5. The molecule has 0 aliphatic rings. The number of rotatable bonds is 3. The third-order valence-corrected chi connectivity index (χ3v) is 4.00. The standard InChI is InChI=1S/C18H16N4O2/c1-11(2)22-10-19-14-9-12(7-8-15(14)22)18(23)20-17-13-5-3-4-6-16(13)24-21-17/h3-11H,1-2H3,(H,20,21,23). The quantitative estimate of drug-likeness (QED) is 0.619. The van der Waals surface area contributed by atoms with E-state index in [1.807, 2.05) is 30.3 Å². The van der Waals surface area contributed by atoms with Crippen LogP contribution in [0.5, 0.6) is 0 Å². The SMILES string of the molecule is CC(C)n1cnc2cc(C(=O)Nc3noc4ccccc34)ccc21. The minimum absolute atomic E-state index is 0.241. The number of para-hydroxylation sites is 1. The predicted octanol–water partition coefficient (Wildman–Crippen LogP) is 4.01. The average molecular weight is 320 g/mol. The van der Waals surface area contributed by atoms with Crippen LogP contribution in [0.15, 0.2) is 53.3 Å². The molecule has 0 spiro atoms. The zero-order chi connectivity index (χ0) is 16.7. The van der Waals surface area contributed by atoms with E-state index in [0.717, 1.165) is 16.4 Å². The monoisotopic (exact) mass is 320 g/mol. The van der Waals surface area contributed by atoms with E-state index in [-0.39, 0.29) is 5.91 Å². The van der Waals surface area contributed by atoms with Crippen molar-refractivity contribution in [1.82, 2.24) is 14.7 Å². The molecule has 0 bridgehead atoms. The van der Waals surface area contributed by atoms with Gasteiger partial charge in [-0.15, -0.1) is 0 Å². The number of anilines is 1. The van der Waals surface area contributed by atoms with Crippen LogP contribution in [0.4, 0.5) is 5.82 Å². The van der Waals surface area contributed by atoms with Gasteiger partial charge in [-0.05, 0) is 44.2 Å². The molecule has 0 saturated carbocycles. The molecule has 2 aromatic heterocycles. The molecule has 2 aromatic carbocycles. The van der Waals surface area contributed by atoms with E-state index in [2.05, 4.69) is 33.9 Å². The van der Waals surface area contributed by atoms with Crippen molar-refractivity contribution < 1.29 is 9.32 Å². The molecule has 0 aliphatic heterocycles. The van der Waals surface area contributed by atoms with Crippen molar-refractivity contribution in [3.8, 4) is 0 Å². The maximum Gasteiger partial charge on any atom is 0.257 e. The van der Waals surface area contributed by atoms with E-state index in [9.17, 15) is 4.79 Å². The van der Waals surface area contributed by atoms with Gasteiger partial charge < -0.3 is 14.4 Å². The first-order valence-electron chi connectivity index (χ1n) is 7.76. The molecule has 1 N–H and O–H groups in total. The Bertz CT molecular complexity index is 1050. The van der Waals surface area contributed by atoms with Gasteiger partial charge in [0.1, 0.15) is 0 Å². The lowest BCUT2D eigenvalue weighted by Crippen LogP contribution is -2.12. The first kappa shape index (κ1) is 14.4. The van der Waals surface area contributed by atoms with Gasteiger partial charge in [0.05, 0.1) is 22.7 Å². The zero-order valence-electron chi connectivity index (χ0n) is 13.4. The van der Waals surface area contributed by atoms with Crippen LogP contribution in [0.1, 0.15) is 30.2 Å². The van der Waals surface area contributed by atoms with Crippen molar-refractivity contribution in [3.05, 3.63) is 54.4 Å². The summed E-state index contributed by atoms with van der Waals surface area (Å²) in [5.74, 6) is 0.179. The fourth-order valence-corrected chi connectivity index (χ4v) is 2.74. The van der Waals surface area contributed by atoms with Gasteiger partial charge in [-0.2, -0.15) is 0 Å². The van der Waals surface area contributed by atoms with E-state index in [4.69, 9.17) is 4.52 Å². The van der Waals surface area contributed by atoms with Crippen molar-refractivity contribution >= 4 is 33.7 Å². The first-order chi connectivity index (χ1) is 11.6. The summed E-state index contributed by atoms with van der Waals surface area (Å²) >= 11 is 0. The van der Waals surface area contributed by atoms with Gasteiger partial charge in [0, 0.05) is 11.6 Å². The molecule has 0 unspecified atom stereocenters. The Kier molecular flexibility index (Phi) is 3.30. The lowest BCUT2D eigenvalue weighted by Gasteiger charge is -2.08. The molecule has 6 nitrogen and oxygen atoms in total. The lowest BCUT2D eigenvalue weighted by atomic mass is 10.1. The summed E-state index contributed by atoms with van der Waals surface area (Å²) in [4.78, 5) is 16.9. The predicted molar refractivity (Wildman–Crippen MR) is 92.1 cm³/mol. The van der Waals surface area contributed by atoms with Crippen LogP contribution in [0, 0.1) is 0 Å². The number of nitrogens with zero attached hydrogens (tertiary/aromatic N) is 3. The van der Waals surface area contributed by atoms with Crippen molar-refractivity contribution in [2.24, 2.45) is 0 Å². The number of carbonyl (C=O) groups excluding carboxylic acids is 1. The van der Waals surface area contributed by atoms with Crippen LogP contribution in [0.2, 0.25) is 0 Å². The van der Waals surface area contributed by atoms with Gasteiger partial charge >= 0.3 is 0 Å². The Hall–Kier alpha value is -3.15. The molecule has 4 rings (SSSR count). The molecular weight excluding hydrogens is 304 g/mol. The van der Waals surface area contributed by atoms with Crippen LogP contribution in [0.3, 0.4) is 0 Å². The molecule has 0 atom stereocenters. The third-order valence-electron chi connectivity index (χ3n) is 4.00. The normalized spacial score (nSPS) is 11.5. The Balaban J connectivity index is 1.66. The highest BCUT2D eigenvalue weighted by Gasteiger charge is 2.14. The van der Waals surface area contributed by atoms with Crippen molar-refractivity contribution in [3.63, 3.8) is 0 Å². The van der Waals surface area contributed by atoms with E-state index < -0.39 is 0 Å². The molecular formula is C18H16N4O2. The minimum atomic E-state index is -0.241. The van der Waals surface area contributed by atoms with Crippen LogP contribution < -0.4 is 5.32 Å². The van der Waals surface area contributed by atoms with Gasteiger partial charge in [-0.3, -0.25) is 4.79 Å². The molecule has 0 fully saturated rings. The number of aromatic nitrogens is 3. The number of hydrogen-bond donors (Lipinski definition) is 1. The van der Waals surface area contributed by atoms with Gasteiger partial charge in [0.2, 0.25) is 0 Å². The summed E-state index contributed by atoms with van der Waals surface area (Å²) in [5, 5.41) is 7.49. The topological polar surface area (TPSA) is 73.0 Å². The summed E-state index contributed by atoms with van der Waals surface area (Å²) in [7, 11) is 0. The second-order valence-corrected chi connectivity index (χ2v) is 5.93. The number of nitrogens with one attached hydrogen (secondary N) is 1. The Morgan fingerprint density at radius 2 is 2.04 bits per heavy atom. The Morgan fingerprint density at radius 3 is 2.88 bits per heavy atom. The second kappa shape index (κ2) is 5.49. The number of benzene rings is 2. The molecule has 0 radical (unpaired) electrons. The Labute approximate surface area is 138 Å². The highest BCUT2D eigenvalue weighted by Crippen LogP contribution is 2.23. The number of carbonyl (C=O) groups is 1. The highest BCUT2D eigenvalue weighted by molar-refractivity contribution is 6.08. The third kappa shape index (κ3) is 2.32. The smallest absolute Gasteiger partial charge is 0.257 e. The van der Waals surface area contributed by atoms with E-state index in [0.29, 0.717) is 23.0 Å². The fraction of sp³-hybridized carbons (Fsp3) is 0.167. The maximum absolute atomic E-state index is 12.5. The van der Waals surface area contributed by atoms with Crippen molar-refractivity contribution in [1.29, 1.82) is 0 Å². The Morgan fingerprint density at radius 1 is 1.21 bits per heavy atom. The molecule has 4 aromatic rings. The van der Waals surface area contributed by atoms with Gasteiger partial charge in [-0.25, -0.2) is 4.98 Å². The van der Waals surface area contributed by atoms with E-state index >= 15 is 0 Å². The molecule has 120 valence electrons. The largest absolute Gasteiger partial charge is 0.354 e. The van der Waals surface area contributed by atoms with Crippen LogP contribution in [-0.4, -0.2) is 20.6 Å². The molecule has 2 heterocycles. The van der Waals surface area contributed by atoms with Crippen LogP contribution in [-0.2, 0) is 0 Å². The summed E-state index contributed by atoms with van der Waals surface area (Å²) in [6.45, 7) is 4.19. The molecule has 6 heteroatoms. The first-order valence-corrected chi connectivity index (χ1v) is 7.76. The summed E-state index contributed by atoms with van der Waals surface area (Å²) in [6.07, 6.45) is 1.79.